The van der Waals surface area contributed by atoms with Gasteiger partial charge in [0, 0.05) is 5.69 Å². The van der Waals surface area contributed by atoms with E-state index in [2.05, 4.69) is 15.5 Å². The summed E-state index contributed by atoms with van der Waals surface area (Å²) in [6, 6.07) is 5.13. The van der Waals surface area contributed by atoms with Gasteiger partial charge in [-0.05, 0) is 47.2 Å². The first kappa shape index (κ1) is 12.0. The number of nitrogens with zero attached hydrogens (tertiary/aromatic N) is 4. The number of nitrogen functional groups attached to an aromatic ring is 1. The molecule has 0 aliphatic heterocycles. The lowest BCUT2D eigenvalue weighted by Gasteiger charge is -2.08. The molecule has 7 nitrogen and oxygen atoms in total. The molecule has 1 aliphatic carbocycles. The first-order valence-corrected chi connectivity index (χ1v) is 6.56. The number of carbonyl (C=O) groups is 1. The van der Waals surface area contributed by atoms with E-state index in [0.29, 0.717) is 21.8 Å². The van der Waals surface area contributed by atoms with E-state index in [-0.39, 0.29) is 5.56 Å². The van der Waals surface area contributed by atoms with Crippen LogP contribution < -0.4 is 5.73 Å². The predicted molar refractivity (Wildman–Crippen MR) is 68.0 cm³/mol. The van der Waals surface area contributed by atoms with E-state index in [1.165, 1.54) is 17.8 Å². The molecule has 1 aromatic heterocycles. The quantitative estimate of drug-likeness (QED) is 0.814. The van der Waals surface area contributed by atoms with E-state index < -0.39 is 5.97 Å². The third kappa shape index (κ3) is 2.26. The zero-order valence-corrected chi connectivity index (χ0v) is 10.7. The second-order valence-corrected chi connectivity index (χ2v) is 5.25. The number of tetrazole rings is 1. The summed E-state index contributed by atoms with van der Waals surface area (Å²) in [6.45, 7) is 0. The van der Waals surface area contributed by atoms with E-state index in [0.717, 1.165) is 12.8 Å². The van der Waals surface area contributed by atoms with Gasteiger partial charge in [0.05, 0.1) is 16.5 Å². The Labute approximate surface area is 112 Å². The second kappa shape index (κ2) is 4.54. The number of rotatable bonds is 4. The van der Waals surface area contributed by atoms with Crippen molar-refractivity contribution in [2.24, 2.45) is 0 Å². The van der Waals surface area contributed by atoms with Gasteiger partial charge in [-0.1, -0.05) is 6.07 Å². The number of nitrogens with two attached hydrogens (primary N) is 1. The number of hydrogen-bond donors (Lipinski definition) is 2. The molecule has 0 unspecified atom stereocenters. The van der Waals surface area contributed by atoms with Crippen LogP contribution in [0.1, 0.15) is 29.2 Å². The van der Waals surface area contributed by atoms with Crippen LogP contribution in [0.4, 0.5) is 5.69 Å². The maximum atomic E-state index is 11.2. The Morgan fingerprint density at radius 1 is 1.47 bits per heavy atom. The van der Waals surface area contributed by atoms with Crippen molar-refractivity contribution in [1.82, 2.24) is 20.2 Å². The van der Waals surface area contributed by atoms with E-state index >= 15 is 0 Å². The molecule has 0 bridgehead atoms. The van der Waals surface area contributed by atoms with Gasteiger partial charge in [0.2, 0.25) is 5.16 Å². The molecule has 1 fully saturated rings. The van der Waals surface area contributed by atoms with Gasteiger partial charge in [0.1, 0.15) is 0 Å². The van der Waals surface area contributed by atoms with E-state index in [1.54, 1.807) is 16.8 Å². The summed E-state index contributed by atoms with van der Waals surface area (Å²) in [4.78, 5) is 11.7. The largest absolute Gasteiger partial charge is 0.478 e. The fraction of sp³-hybridized carbons (Fsp3) is 0.273. The van der Waals surface area contributed by atoms with E-state index in [9.17, 15) is 9.90 Å². The Morgan fingerprint density at radius 3 is 2.95 bits per heavy atom. The third-order valence-corrected chi connectivity index (χ3v) is 3.94. The Kier molecular flexibility index (Phi) is 2.86. The summed E-state index contributed by atoms with van der Waals surface area (Å²) in [5.41, 5.74) is 6.43. The molecule has 1 aromatic carbocycles. The Bertz CT molecular complexity index is 638. The van der Waals surface area contributed by atoms with Crippen LogP contribution in [-0.2, 0) is 0 Å². The summed E-state index contributed by atoms with van der Waals surface area (Å²) in [5, 5.41) is 21.2. The van der Waals surface area contributed by atoms with Crippen molar-refractivity contribution in [1.29, 1.82) is 0 Å². The van der Waals surface area contributed by atoms with Gasteiger partial charge in [-0.15, -0.1) is 5.10 Å². The number of aromatic carboxylic acids is 1. The second-order valence-electron chi connectivity index (χ2n) is 4.27. The van der Waals surface area contributed by atoms with Crippen LogP contribution in [0, 0.1) is 0 Å². The summed E-state index contributed by atoms with van der Waals surface area (Å²) >= 11 is 1.19. The molecule has 2 aromatic rings. The van der Waals surface area contributed by atoms with Crippen molar-refractivity contribution in [3.8, 4) is 0 Å². The van der Waals surface area contributed by atoms with Gasteiger partial charge >= 0.3 is 5.97 Å². The monoisotopic (exact) mass is 277 g/mol. The smallest absolute Gasteiger partial charge is 0.336 e. The van der Waals surface area contributed by atoms with E-state index in [4.69, 9.17) is 5.73 Å². The summed E-state index contributed by atoms with van der Waals surface area (Å²) < 4.78 is 1.72. The van der Waals surface area contributed by atoms with Crippen molar-refractivity contribution < 1.29 is 9.90 Å². The number of anilines is 1. The van der Waals surface area contributed by atoms with Crippen LogP contribution in [0.2, 0.25) is 0 Å². The number of benzene rings is 1. The van der Waals surface area contributed by atoms with Crippen molar-refractivity contribution in [2.75, 3.05) is 5.73 Å². The molecule has 3 N–H and O–H groups in total. The zero-order valence-electron chi connectivity index (χ0n) is 9.85. The number of hydrogen-bond acceptors (Lipinski definition) is 6. The fourth-order valence-corrected chi connectivity index (χ4v) is 2.72. The molecule has 98 valence electrons. The SMILES string of the molecule is Nc1cccc(C(=O)O)c1Sc1nnnn1C1CC1. The molecule has 0 amide bonds. The van der Waals surface area contributed by atoms with Gasteiger partial charge in [-0.3, -0.25) is 0 Å². The van der Waals surface area contributed by atoms with E-state index in [1.807, 2.05) is 0 Å². The molecule has 1 heterocycles. The average Bonchev–Trinajstić information content (AvgIpc) is 3.12. The van der Waals surface area contributed by atoms with Crippen molar-refractivity contribution in [3.05, 3.63) is 23.8 Å². The molecule has 19 heavy (non-hydrogen) atoms. The number of aromatic nitrogens is 4. The van der Waals surface area contributed by atoms with Crippen LogP contribution >= 0.6 is 11.8 Å². The summed E-state index contributed by atoms with van der Waals surface area (Å²) in [6.07, 6.45) is 2.10. The van der Waals surface area contributed by atoms with Gasteiger partial charge in [0.25, 0.3) is 0 Å². The van der Waals surface area contributed by atoms with Crippen LogP contribution in [0.3, 0.4) is 0 Å². The van der Waals surface area contributed by atoms with Gasteiger partial charge in [-0.2, -0.15) is 0 Å². The first-order chi connectivity index (χ1) is 9.16. The maximum Gasteiger partial charge on any atom is 0.336 e. The maximum absolute atomic E-state index is 11.2. The van der Waals surface area contributed by atoms with Crippen molar-refractivity contribution in [3.63, 3.8) is 0 Å². The van der Waals surface area contributed by atoms with Crippen molar-refractivity contribution in [2.45, 2.75) is 28.9 Å². The van der Waals surface area contributed by atoms with Gasteiger partial charge in [0.15, 0.2) is 0 Å². The summed E-state index contributed by atoms with van der Waals surface area (Å²) in [5.74, 6) is -1.01. The Morgan fingerprint density at radius 2 is 2.26 bits per heavy atom. The molecule has 0 saturated heterocycles. The fourth-order valence-electron chi connectivity index (χ4n) is 1.73. The lowest BCUT2D eigenvalue weighted by Crippen LogP contribution is -2.04. The molecule has 0 spiro atoms. The standard InChI is InChI=1S/C11H11N5O2S/c12-8-3-1-2-7(10(17)18)9(8)19-11-13-14-15-16(11)6-4-5-6/h1-3,6H,4-5,12H2,(H,17,18). The lowest BCUT2D eigenvalue weighted by molar-refractivity contribution is 0.0693. The minimum absolute atomic E-state index is 0.162. The summed E-state index contributed by atoms with van der Waals surface area (Å²) in [7, 11) is 0. The lowest BCUT2D eigenvalue weighted by atomic mass is 10.2. The highest BCUT2D eigenvalue weighted by atomic mass is 32.2. The van der Waals surface area contributed by atoms with Gasteiger partial charge in [-0.25, -0.2) is 9.48 Å². The number of carboxylic acids is 1. The minimum Gasteiger partial charge on any atom is -0.478 e. The van der Waals surface area contributed by atoms with Crippen LogP contribution in [0.15, 0.2) is 28.3 Å². The predicted octanol–water partition coefficient (Wildman–Crippen LogP) is 1.44. The molecule has 8 heteroatoms. The topological polar surface area (TPSA) is 107 Å². The average molecular weight is 277 g/mol. The van der Waals surface area contributed by atoms with Crippen LogP contribution in [-0.4, -0.2) is 31.3 Å². The van der Waals surface area contributed by atoms with Crippen molar-refractivity contribution >= 4 is 23.4 Å². The zero-order chi connectivity index (χ0) is 13.4. The van der Waals surface area contributed by atoms with Gasteiger partial charge < -0.3 is 10.8 Å². The minimum atomic E-state index is -1.01. The number of carboxylic acid groups (broad SMARTS) is 1. The highest BCUT2D eigenvalue weighted by molar-refractivity contribution is 7.99. The molecule has 0 radical (unpaired) electrons. The highest BCUT2D eigenvalue weighted by Crippen LogP contribution is 2.40. The Balaban J connectivity index is 1.98. The normalized spacial score (nSPS) is 14.5. The molecule has 1 saturated carbocycles. The molecule has 0 atom stereocenters. The first-order valence-electron chi connectivity index (χ1n) is 5.74. The highest BCUT2D eigenvalue weighted by Gasteiger charge is 2.29. The molecule has 1 aliphatic rings. The van der Waals surface area contributed by atoms with Crippen LogP contribution in [0.5, 0.6) is 0 Å². The van der Waals surface area contributed by atoms with Crippen LogP contribution in [0.25, 0.3) is 0 Å². The molecular weight excluding hydrogens is 266 g/mol. The molecule has 3 rings (SSSR count). The Hall–Kier alpha value is -2.09. The third-order valence-electron chi connectivity index (χ3n) is 2.82. The molecular formula is C11H11N5O2S.